The lowest BCUT2D eigenvalue weighted by atomic mass is 10.1. The van der Waals surface area contributed by atoms with Crippen LogP contribution in [0.2, 0.25) is 0 Å². The van der Waals surface area contributed by atoms with Crippen molar-refractivity contribution in [2.75, 3.05) is 19.7 Å². The highest BCUT2D eigenvalue weighted by molar-refractivity contribution is 5.96. The Bertz CT molecular complexity index is 1110. The number of amides is 2. The molecule has 1 fully saturated rings. The van der Waals surface area contributed by atoms with Gasteiger partial charge in [-0.05, 0) is 55.7 Å². The van der Waals surface area contributed by atoms with Gasteiger partial charge >= 0.3 is 0 Å². The molecule has 6 nitrogen and oxygen atoms in total. The van der Waals surface area contributed by atoms with E-state index in [4.69, 9.17) is 9.15 Å². The van der Waals surface area contributed by atoms with Crippen LogP contribution in [-0.2, 0) is 22.6 Å². The SMILES string of the molecule is Cc1ccc(CN(Cc2ccccc2)C(=O)CN(CC2CCCO2)C(=O)c2cccc(F)c2)o1. The van der Waals surface area contributed by atoms with Gasteiger partial charge in [-0.15, -0.1) is 0 Å². The first kappa shape index (κ1) is 23.7. The second kappa shape index (κ2) is 11.1. The van der Waals surface area contributed by atoms with E-state index in [1.807, 2.05) is 49.4 Å². The topological polar surface area (TPSA) is 63.0 Å². The van der Waals surface area contributed by atoms with Crippen molar-refractivity contribution < 1.29 is 23.1 Å². The van der Waals surface area contributed by atoms with Gasteiger partial charge < -0.3 is 19.0 Å². The standard InChI is InChI=1S/C27H29FN2O4/c1-20-12-13-25(34-20)18-29(16-21-7-3-2-4-8-21)26(31)19-30(17-24-11-6-14-33-24)27(32)22-9-5-10-23(28)15-22/h2-5,7-10,12-13,15,24H,6,11,14,16-19H2,1H3. The first-order chi connectivity index (χ1) is 16.5. The summed E-state index contributed by atoms with van der Waals surface area (Å²) in [5, 5.41) is 0. The number of carbonyl (C=O) groups excluding carboxylic acids is 2. The van der Waals surface area contributed by atoms with Crippen LogP contribution in [0.4, 0.5) is 4.39 Å². The largest absolute Gasteiger partial charge is 0.464 e. The minimum absolute atomic E-state index is 0.137. The molecule has 0 aliphatic carbocycles. The Morgan fingerprint density at radius 1 is 1.00 bits per heavy atom. The zero-order valence-electron chi connectivity index (χ0n) is 19.3. The van der Waals surface area contributed by atoms with Crippen LogP contribution in [0.1, 0.15) is 40.3 Å². The minimum atomic E-state index is -0.492. The molecule has 2 amide bonds. The monoisotopic (exact) mass is 464 g/mol. The van der Waals surface area contributed by atoms with E-state index in [0.29, 0.717) is 18.9 Å². The lowest BCUT2D eigenvalue weighted by Crippen LogP contribution is -2.45. The van der Waals surface area contributed by atoms with Crippen LogP contribution in [-0.4, -0.2) is 47.4 Å². The van der Waals surface area contributed by atoms with Gasteiger partial charge in [-0.1, -0.05) is 36.4 Å². The summed E-state index contributed by atoms with van der Waals surface area (Å²) in [6, 6.07) is 18.9. The molecule has 4 rings (SSSR count). The predicted molar refractivity (Wildman–Crippen MR) is 125 cm³/mol. The Morgan fingerprint density at radius 2 is 1.82 bits per heavy atom. The van der Waals surface area contributed by atoms with Crippen molar-refractivity contribution in [2.24, 2.45) is 0 Å². The molecule has 0 radical (unpaired) electrons. The number of nitrogens with zero attached hydrogens (tertiary/aromatic N) is 2. The van der Waals surface area contributed by atoms with Crippen molar-refractivity contribution in [3.8, 4) is 0 Å². The third-order valence-electron chi connectivity index (χ3n) is 5.84. The summed E-state index contributed by atoms with van der Waals surface area (Å²) >= 11 is 0. The van der Waals surface area contributed by atoms with Crippen molar-refractivity contribution >= 4 is 11.8 Å². The van der Waals surface area contributed by atoms with Crippen LogP contribution in [0.3, 0.4) is 0 Å². The van der Waals surface area contributed by atoms with Gasteiger partial charge in [-0.3, -0.25) is 9.59 Å². The number of hydrogen-bond donors (Lipinski definition) is 0. The van der Waals surface area contributed by atoms with Crippen LogP contribution in [0.15, 0.2) is 71.1 Å². The second-order valence-electron chi connectivity index (χ2n) is 8.58. The highest BCUT2D eigenvalue weighted by Crippen LogP contribution is 2.18. The first-order valence-electron chi connectivity index (χ1n) is 11.5. The smallest absolute Gasteiger partial charge is 0.254 e. The fourth-order valence-electron chi connectivity index (χ4n) is 4.12. The Balaban J connectivity index is 1.55. The molecule has 0 spiro atoms. The molecule has 1 saturated heterocycles. The van der Waals surface area contributed by atoms with E-state index in [9.17, 15) is 14.0 Å². The molecular formula is C27H29FN2O4. The van der Waals surface area contributed by atoms with E-state index in [1.54, 1.807) is 11.0 Å². The van der Waals surface area contributed by atoms with Gasteiger partial charge in [0.25, 0.3) is 5.91 Å². The van der Waals surface area contributed by atoms with Crippen molar-refractivity contribution in [3.05, 3.63) is 95.2 Å². The summed E-state index contributed by atoms with van der Waals surface area (Å²) in [4.78, 5) is 29.9. The Kier molecular flexibility index (Phi) is 7.75. The van der Waals surface area contributed by atoms with Crippen LogP contribution in [0.5, 0.6) is 0 Å². The molecule has 1 unspecified atom stereocenters. The van der Waals surface area contributed by atoms with Crippen molar-refractivity contribution in [3.63, 3.8) is 0 Å². The number of benzene rings is 2. The van der Waals surface area contributed by atoms with Crippen LogP contribution < -0.4 is 0 Å². The summed E-state index contributed by atoms with van der Waals surface area (Å²) in [6.07, 6.45) is 1.60. The highest BCUT2D eigenvalue weighted by Gasteiger charge is 2.27. The Hall–Kier alpha value is -3.45. The van der Waals surface area contributed by atoms with Gasteiger partial charge in [0.05, 0.1) is 12.6 Å². The molecule has 0 N–H and O–H groups in total. The summed E-state index contributed by atoms with van der Waals surface area (Å²) in [7, 11) is 0. The molecule has 34 heavy (non-hydrogen) atoms. The summed E-state index contributed by atoms with van der Waals surface area (Å²) < 4.78 is 25.2. The minimum Gasteiger partial charge on any atom is -0.464 e. The lowest BCUT2D eigenvalue weighted by molar-refractivity contribution is -0.133. The van der Waals surface area contributed by atoms with E-state index in [0.717, 1.165) is 24.2 Å². The number of ether oxygens (including phenoxy) is 1. The van der Waals surface area contributed by atoms with Gasteiger partial charge in [-0.25, -0.2) is 4.39 Å². The summed E-state index contributed by atoms with van der Waals surface area (Å²) in [6.45, 7) is 3.29. The third-order valence-corrected chi connectivity index (χ3v) is 5.84. The van der Waals surface area contributed by atoms with E-state index in [2.05, 4.69) is 0 Å². The summed E-state index contributed by atoms with van der Waals surface area (Å²) in [5.74, 6) is 0.331. The molecule has 0 saturated carbocycles. The fraction of sp³-hybridized carbons (Fsp3) is 0.333. The number of aryl methyl sites for hydroxylation is 1. The van der Waals surface area contributed by atoms with Crippen molar-refractivity contribution in [2.45, 2.75) is 39.0 Å². The number of furan rings is 1. The Labute approximate surface area is 198 Å². The van der Waals surface area contributed by atoms with E-state index in [-0.39, 0.29) is 37.2 Å². The molecule has 2 heterocycles. The van der Waals surface area contributed by atoms with Crippen LogP contribution in [0, 0.1) is 12.7 Å². The van der Waals surface area contributed by atoms with Crippen molar-refractivity contribution in [1.82, 2.24) is 9.80 Å². The maximum atomic E-state index is 13.8. The van der Waals surface area contributed by atoms with Gasteiger partial charge in [0, 0.05) is 25.3 Å². The number of hydrogen-bond acceptors (Lipinski definition) is 4. The summed E-state index contributed by atoms with van der Waals surface area (Å²) in [5.41, 5.74) is 1.18. The van der Waals surface area contributed by atoms with Gasteiger partial charge in [0.15, 0.2) is 0 Å². The normalized spacial score (nSPS) is 15.3. The van der Waals surface area contributed by atoms with Crippen LogP contribution >= 0.6 is 0 Å². The van der Waals surface area contributed by atoms with Gasteiger partial charge in [0.2, 0.25) is 5.91 Å². The van der Waals surface area contributed by atoms with Gasteiger partial charge in [-0.2, -0.15) is 0 Å². The lowest BCUT2D eigenvalue weighted by Gasteiger charge is -2.29. The fourth-order valence-corrected chi connectivity index (χ4v) is 4.12. The van der Waals surface area contributed by atoms with E-state index in [1.165, 1.54) is 23.1 Å². The Morgan fingerprint density at radius 3 is 2.50 bits per heavy atom. The molecular weight excluding hydrogens is 435 g/mol. The molecule has 1 atom stereocenters. The number of halogens is 1. The molecule has 3 aromatic rings. The highest BCUT2D eigenvalue weighted by atomic mass is 19.1. The average molecular weight is 465 g/mol. The zero-order chi connectivity index (χ0) is 23.9. The van der Waals surface area contributed by atoms with Gasteiger partial charge in [0.1, 0.15) is 23.9 Å². The number of rotatable bonds is 9. The predicted octanol–water partition coefficient (Wildman–Crippen LogP) is 4.58. The van der Waals surface area contributed by atoms with Crippen molar-refractivity contribution in [1.29, 1.82) is 0 Å². The molecule has 2 aromatic carbocycles. The average Bonchev–Trinajstić information content (AvgIpc) is 3.50. The maximum Gasteiger partial charge on any atom is 0.254 e. The second-order valence-corrected chi connectivity index (χ2v) is 8.58. The number of carbonyl (C=O) groups is 2. The first-order valence-corrected chi connectivity index (χ1v) is 11.5. The van der Waals surface area contributed by atoms with E-state index >= 15 is 0 Å². The zero-order valence-corrected chi connectivity index (χ0v) is 19.3. The third kappa shape index (κ3) is 6.32. The molecule has 1 aromatic heterocycles. The molecule has 178 valence electrons. The van der Waals surface area contributed by atoms with Crippen LogP contribution in [0.25, 0.3) is 0 Å². The molecule has 0 bridgehead atoms. The van der Waals surface area contributed by atoms with E-state index < -0.39 is 11.7 Å². The molecule has 1 aliphatic heterocycles. The quantitative estimate of drug-likeness (QED) is 0.465. The maximum absolute atomic E-state index is 13.8. The molecule has 7 heteroatoms. The molecule has 1 aliphatic rings.